The molecule has 0 fully saturated rings. The first-order valence-corrected chi connectivity index (χ1v) is 15.1. The molecular formula is C31H38ClN3O4S. The molecule has 0 aliphatic heterocycles. The zero-order valence-electron chi connectivity index (χ0n) is 23.9. The number of hydrogen-bond donors (Lipinski definition) is 1. The molecule has 40 heavy (non-hydrogen) atoms. The van der Waals surface area contributed by atoms with Gasteiger partial charge in [-0.05, 0) is 74.6 Å². The van der Waals surface area contributed by atoms with E-state index in [9.17, 15) is 18.0 Å². The highest BCUT2D eigenvalue weighted by atomic mass is 35.5. The number of anilines is 1. The minimum atomic E-state index is -4.16. The Bertz CT molecular complexity index is 1460. The highest BCUT2D eigenvalue weighted by Crippen LogP contribution is 2.30. The van der Waals surface area contributed by atoms with Gasteiger partial charge in [-0.15, -0.1) is 0 Å². The number of hydrogen-bond acceptors (Lipinski definition) is 4. The summed E-state index contributed by atoms with van der Waals surface area (Å²) in [6.07, 6.45) is 0. The van der Waals surface area contributed by atoms with Crippen molar-refractivity contribution in [3.8, 4) is 0 Å². The second-order valence-electron chi connectivity index (χ2n) is 10.5. The van der Waals surface area contributed by atoms with Gasteiger partial charge in [0.15, 0.2) is 0 Å². The molecule has 1 N–H and O–H groups in total. The molecule has 0 radical (unpaired) electrons. The highest BCUT2D eigenvalue weighted by molar-refractivity contribution is 7.92. The normalized spacial score (nSPS) is 12.2. The van der Waals surface area contributed by atoms with Crippen LogP contribution >= 0.6 is 11.6 Å². The molecule has 214 valence electrons. The Morgan fingerprint density at radius 1 is 0.900 bits per heavy atom. The van der Waals surface area contributed by atoms with Crippen molar-refractivity contribution in [2.45, 2.75) is 59.0 Å². The summed E-state index contributed by atoms with van der Waals surface area (Å²) in [6.45, 7) is 11.3. The first-order chi connectivity index (χ1) is 18.8. The molecule has 0 bridgehead atoms. The Morgan fingerprint density at radius 2 is 1.55 bits per heavy atom. The van der Waals surface area contributed by atoms with Gasteiger partial charge in [0.1, 0.15) is 12.6 Å². The van der Waals surface area contributed by atoms with Crippen LogP contribution in [0.3, 0.4) is 0 Å². The summed E-state index contributed by atoms with van der Waals surface area (Å²) >= 11 is 6.28. The van der Waals surface area contributed by atoms with Crippen molar-refractivity contribution in [1.29, 1.82) is 0 Å². The van der Waals surface area contributed by atoms with E-state index in [1.807, 2.05) is 52.0 Å². The lowest BCUT2D eigenvalue weighted by Gasteiger charge is -2.33. The van der Waals surface area contributed by atoms with Gasteiger partial charge in [0.2, 0.25) is 11.8 Å². The average molecular weight is 584 g/mol. The highest BCUT2D eigenvalue weighted by Gasteiger charge is 2.33. The Hall–Kier alpha value is -3.36. The summed E-state index contributed by atoms with van der Waals surface area (Å²) in [5.41, 5.74) is 3.68. The molecule has 3 aromatic carbocycles. The van der Waals surface area contributed by atoms with Gasteiger partial charge >= 0.3 is 0 Å². The molecule has 9 heteroatoms. The molecule has 0 saturated carbocycles. The summed E-state index contributed by atoms with van der Waals surface area (Å²) in [7, 11) is -4.16. The van der Waals surface area contributed by atoms with E-state index < -0.39 is 28.5 Å². The van der Waals surface area contributed by atoms with Gasteiger partial charge in [0.05, 0.1) is 10.6 Å². The van der Waals surface area contributed by atoms with Crippen LogP contribution in [0.15, 0.2) is 71.6 Å². The SMILES string of the molecule is Cc1ccc(S(=O)(=O)N(CC(=O)N(Cc2ccccc2C)C(C)C(=O)NCC(C)C)c2cc(Cl)ccc2C)cc1. The van der Waals surface area contributed by atoms with Crippen LogP contribution in [0.4, 0.5) is 5.69 Å². The number of carbonyl (C=O) groups is 2. The second kappa shape index (κ2) is 13.3. The number of nitrogens with zero attached hydrogens (tertiary/aromatic N) is 2. The lowest BCUT2D eigenvalue weighted by Crippen LogP contribution is -2.51. The molecule has 7 nitrogen and oxygen atoms in total. The fourth-order valence-electron chi connectivity index (χ4n) is 4.21. The molecule has 0 aliphatic rings. The van der Waals surface area contributed by atoms with Gasteiger partial charge in [0, 0.05) is 18.1 Å². The van der Waals surface area contributed by atoms with Gasteiger partial charge in [-0.2, -0.15) is 0 Å². The molecule has 0 aliphatic carbocycles. The zero-order chi connectivity index (χ0) is 29.6. The van der Waals surface area contributed by atoms with E-state index >= 15 is 0 Å². The molecule has 0 aromatic heterocycles. The van der Waals surface area contributed by atoms with Gasteiger partial charge in [0.25, 0.3) is 10.0 Å². The standard InChI is InChI=1S/C31H38ClN3O4S/c1-21(2)18-33-31(37)25(6)34(19-26-10-8-7-9-23(26)4)30(36)20-35(29-17-27(32)14-13-24(29)5)40(38,39)28-15-11-22(3)12-16-28/h7-17,21,25H,18-20H2,1-6H3,(H,33,37). The van der Waals surface area contributed by atoms with Crippen molar-refractivity contribution in [3.63, 3.8) is 0 Å². The van der Waals surface area contributed by atoms with Crippen molar-refractivity contribution in [1.82, 2.24) is 10.2 Å². The molecule has 1 unspecified atom stereocenters. The summed E-state index contributed by atoms with van der Waals surface area (Å²) < 4.78 is 29.1. The molecule has 0 spiro atoms. The Balaban J connectivity index is 2.07. The lowest BCUT2D eigenvalue weighted by molar-refractivity contribution is -0.139. The maximum Gasteiger partial charge on any atom is 0.264 e. The second-order valence-corrected chi connectivity index (χ2v) is 12.8. The maximum absolute atomic E-state index is 14.1. The van der Waals surface area contributed by atoms with E-state index in [4.69, 9.17) is 11.6 Å². The number of benzene rings is 3. The fraction of sp³-hybridized carbons (Fsp3) is 0.355. The van der Waals surface area contributed by atoms with Gasteiger partial charge in [-0.3, -0.25) is 13.9 Å². The Kier molecular flexibility index (Phi) is 10.4. The Morgan fingerprint density at radius 3 is 2.17 bits per heavy atom. The van der Waals surface area contributed by atoms with E-state index in [-0.39, 0.29) is 23.3 Å². The van der Waals surface area contributed by atoms with Crippen molar-refractivity contribution in [2.75, 3.05) is 17.4 Å². The third-order valence-corrected chi connectivity index (χ3v) is 8.79. The smallest absolute Gasteiger partial charge is 0.264 e. The minimum Gasteiger partial charge on any atom is -0.354 e. The summed E-state index contributed by atoms with van der Waals surface area (Å²) in [6, 6.07) is 18.2. The number of sulfonamides is 1. The van der Waals surface area contributed by atoms with Gasteiger partial charge in [-0.25, -0.2) is 8.42 Å². The van der Waals surface area contributed by atoms with Crippen LogP contribution in [0.25, 0.3) is 0 Å². The van der Waals surface area contributed by atoms with Crippen LogP contribution in [0.1, 0.15) is 43.0 Å². The summed E-state index contributed by atoms with van der Waals surface area (Å²) in [5.74, 6) is -0.578. The van der Waals surface area contributed by atoms with E-state index in [2.05, 4.69) is 5.32 Å². The number of nitrogens with one attached hydrogen (secondary N) is 1. The molecule has 0 heterocycles. The zero-order valence-corrected chi connectivity index (χ0v) is 25.5. The number of amides is 2. The van der Waals surface area contributed by atoms with E-state index in [0.717, 1.165) is 21.0 Å². The number of rotatable bonds is 11. The van der Waals surface area contributed by atoms with Crippen LogP contribution in [0.5, 0.6) is 0 Å². The minimum absolute atomic E-state index is 0.0541. The summed E-state index contributed by atoms with van der Waals surface area (Å²) in [5, 5.41) is 3.24. The first kappa shape index (κ1) is 31.2. The molecule has 0 saturated heterocycles. The average Bonchev–Trinajstić information content (AvgIpc) is 2.91. The van der Waals surface area contributed by atoms with Crippen LogP contribution in [0, 0.1) is 26.7 Å². The van der Waals surface area contributed by atoms with E-state index in [1.54, 1.807) is 44.2 Å². The van der Waals surface area contributed by atoms with Crippen molar-refractivity contribution < 1.29 is 18.0 Å². The van der Waals surface area contributed by atoms with Crippen molar-refractivity contribution in [2.24, 2.45) is 5.92 Å². The van der Waals surface area contributed by atoms with E-state index in [0.29, 0.717) is 22.8 Å². The largest absolute Gasteiger partial charge is 0.354 e. The molecule has 1 atom stereocenters. The monoisotopic (exact) mass is 583 g/mol. The van der Waals surface area contributed by atoms with E-state index in [1.165, 1.54) is 17.0 Å². The van der Waals surface area contributed by atoms with Gasteiger partial charge in [-0.1, -0.05) is 73.5 Å². The first-order valence-electron chi connectivity index (χ1n) is 13.3. The third kappa shape index (κ3) is 7.64. The van der Waals surface area contributed by atoms with Gasteiger partial charge < -0.3 is 10.2 Å². The predicted molar refractivity (Wildman–Crippen MR) is 161 cm³/mol. The van der Waals surface area contributed by atoms with Crippen LogP contribution in [0.2, 0.25) is 5.02 Å². The van der Waals surface area contributed by atoms with Crippen molar-refractivity contribution in [3.05, 3.63) is 94.0 Å². The van der Waals surface area contributed by atoms with Crippen molar-refractivity contribution >= 4 is 39.1 Å². The fourth-order valence-corrected chi connectivity index (χ4v) is 5.84. The summed E-state index contributed by atoms with van der Waals surface area (Å²) in [4.78, 5) is 28.7. The predicted octanol–water partition coefficient (Wildman–Crippen LogP) is 5.65. The molecule has 3 rings (SSSR count). The lowest BCUT2D eigenvalue weighted by atomic mass is 10.1. The number of carbonyl (C=O) groups excluding carboxylic acids is 2. The number of aryl methyl sites for hydroxylation is 3. The Labute approximate surface area is 243 Å². The van der Waals surface area contributed by atoms with Crippen LogP contribution in [-0.4, -0.2) is 44.3 Å². The molecule has 3 aromatic rings. The number of halogens is 1. The molecular weight excluding hydrogens is 546 g/mol. The molecule has 2 amide bonds. The van der Waals surface area contributed by atoms with Crippen LogP contribution < -0.4 is 9.62 Å². The van der Waals surface area contributed by atoms with Crippen LogP contribution in [-0.2, 0) is 26.2 Å². The quantitative estimate of drug-likeness (QED) is 0.316. The maximum atomic E-state index is 14.1. The topological polar surface area (TPSA) is 86.8 Å². The third-order valence-electron chi connectivity index (χ3n) is 6.78.